The van der Waals surface area contributed by atoms with Crippen molar-refractivity contribution in [1.82, 2.24) is 4.98 Å². The van der Waals surface area contributed by atoms with Gasteiger partial charge in [-0.15, -0.1) is 13.2 Å². The Morgan fingerprint density at radius 1 is 1.12 bits per heavy atom. The number of nitrogens with zero attached hydrogens (tertiary/aromatic N) is 1. The molecule has 2 rings (SSSR count). The molecule has 0 aliphatic carbocycles. The molecule has 1 aromatic carbocycles. The Balaban J connectivity index is 0.00000123. The van der Waals surface area contributed by atoms with Gasteiger partial charge in [0.15, 0.2) is 0 Å². The lowest BCUT2D eigenvalue weighted by atomic mass is 9.79. The van der Waals surface area contributed by atoms with Crippen LogP contribution in [-0.2, 0) is 6.42 Å². The SMILES string of the molecule is C=C.C=Cc1ccc2ncc(CCC(C)C(C)(C)C)cc2c1.CC. The van der Waals surface area contributed by atoms with Crippen molar-refractivity contribution < 1.29 is 0 Å². The molecule has 0 aliphatic rings. The minimum atomic E-state index is 0.375. The molecule has 0 N–H and O–H groups in total. The highest BCUT2D eigenvalue weighted by molar-refractivity contribution is 5.81. The van der Waals surface area contributed by atoms with Crippen molar-refractivity contribution in [2.75, 3.05) is 0 Å². The molecule has 0 amide bonds. The summed E-state index contributed by atoms with van der Waals surface area (Å²) < 4.78 is 0. The van der Waals surface area contributed by atoms with Crippen molar-refractivity contribution in [3.63, 3.8) is 0 Å². The molecule has 1 aromatic heterocycles. The van der Waals surface area contributed by atoms with Gasteiger partial charge in [-0.25, -0.2) is 0 Å². The van der Waals surface area contributed by atoms with Crippen LogP contribution in [0.2, 0.25) is 0 Å². The van der Waals surface area contributed by atoms with Crippen molar-refractivity contribution in [3.05, 3.63) is 61.3 Å². The van der Waals surface area contributed by atoms with Crippen LogP contribution in [0, 0.1) is 11.3 Å². The Hall–Kier alpha value is -1.89. The molecule has 0 saturated carbocycles. The molecule has 2 aromatic rings. The molecule has 0 fully saturated rings. The van der Waals surface area contributed by atoms with Gasteiger partial charge in [0, 0.05) is 11.6 Å². The summed E-state index contributed by atoms with van der Waals surface area (Å²) in [6, 6.07) is 8.55. The van der Waals surface area contributed by atoms with Gasteiger partial charge in [0.25, 0.3) is 0 Å². The minimum Gasteiger partial charge on any atom is -0.256 e. The molecule has 1 nitrogen and oxygen atoms in total. The van der Waals surface area contributed by atoms with Crippen molar-refractivity contribution in [3.8, 4) is 0 Å². The van der Waals surface area contributed by atoms with E-state index in [1.165, 1.54) is 17.4 Å². The summed E-state index contributed by atoms with van der Waals surface area (Å²) in [5.41, 5.74) is 3.91. The number of pyridine rings is 1. The molecule has 1 heteroatoms. The molecule has 1 unspecified atom stereocenters. The molecule has 1 atom stereocenters. The van der Waals surface area contributed by atoms with Crippen molar-refractivity contribution >= 4 is 17.0 Å². The van der Waals surface area contributed by atoms with E-state index in [0.29, 0.717) is 11.3 Å². The lowest BCUT2D eigenvalue weighted by Gasteiger charge is -2.27. The highest BCUT2D eigenvalue weighted by Gasteiger charge is 2.19. The number of benzene rings is 1. The highest BCUT2D eigenvalue weighted by Crippen LogP contribution is 2.29. The number of fused-ring (bicyclic) bond motifs is 1. The fourth-order valence-corrected chi connectivity index (χ4v) is 2.28. The fourth-order valence-electron chi connectivity index (χ4n) is 2.28. The first-order valence-electron chi connectivity index (χ1n) is 8.91. The summed E-state index contributed by atoms with van der Waals surface area (Å²) in [4.78, 5) is 4.56. The lowest BCUT2D eigenvalue weighted by Crippen LogP contribution is -2.17. The van der Waals surface area contributed by atoms with E-state index in [4.69, 9.17) is 0 Å². The van der Waals surface area contributed by atoms with Gasteiger partial charge in [-0.05, 0) is 53.5 Å². The highest BCUT2D eigenvalue weighted by atomic mass is 14.6. The van der Waals surface area contributed by atoms with Crippen molar-refractivity contribution in [2.45, 2.75) is 54.4 Å². The molecule has 0 aliphatic heterocycles. The second-order valence-corrected chi connectivity index (χ2v) is 6.81. The number of hydrogen-bond acceptors (Lipinski definition) is 1. The molecule has 132 valence electrons. The Bertz CT molecular complexity index is 619. The first-order chi connectivity index (χ1) is 11.4. The van der Waals surface area contributed by atoms with Crippen LogP contribution in [0.5, 0.6) is 0 Å². The molecule has 0 spiro atoms. The largest absolute Gasteiger partial charge is 0.256 e. The van der Waals surface area contributed by atoms with Gasteiger partial charge in [-0.1, -0.05) is 60.3 Å². The monoisotopic (exact) mass is 325 g/mol. The number of hydrogen-bond donors (Lipinski definition) is 0. The molecule has 0 bridgehead atoms. The maximum Gasteiger partial charge on any atom is 0.0702 e. The van der Waals surface area contributed by atoms with E-state index in [9.17, 15) is 0 Å². The zero-order valence-corrected chi connectivity index (χ0v) is 16.5. The van der Waals surface area contributed by atoms with Crippen LogP contribution in [0.25, 0.3) is 17.0 Å². The number of aryl methyl sites for hydroxylation is 1. The van der Waals surface area contributed by atoms with E-state index in [1.807, 2.05) is 26.1 Å². The first-order valence-corrected chi connectivity index (χ1v) is 8.91. The van der Waals surface area contributed by atoms with Crippen molar-refractivity contribution in [2.24, 2.45) is 11.3 Å². The van der Waals surface area contributed by atoms with E-state index in [-0.39, 0.29) is 0 Å². The summed E-state index contributed by atoms with van der Waals surface area (Å²) in [5, 5.41) is 1.21. The third kappa shape index (κ3) is 6.70. The van der Waals surface area contributed by atoms with E-state index in [0.717, 1.165) is 17.5 Å². The lowest BCUT2D eigenvalue weighted by molar-refractivity contribution is 0.247. The molecule has 0 radical (unpaired) electrons. The van der Waals surface area contributed by atoms with Gasteiger partial charge in [-0.2, -0.15) is 0 Å². The molecular weight excluding hydrogens is 290 g/mol. The van der Waals surface area contributed by atoms with Crippen LogP contribution in [-0.4, -0.2) is 4.98 Å². The third-order valence-electron chi connectivity index (χ3n) is 4.34. The van der Waals surface area contributed by atoms with E-state index >= 15 is 0 Å². The van der Waals surface area contributed by atoms with E-state index in [2.05, 4.69) is 76.7 Å². The van der Waals surface area contributed by atoms with Gasteiger partial charge in [0.2, 0.25) is 0 Å². The van der Waals surface area contributed by atoms with Gasteiger partial charge in [-0.3, -0.25) is 4.98 Å². The van der Waals surface area contributed by atoms with Gasteiger partial charge in [0.1, 0.15) is 0 Å². The Morgan fingerprint density at radius 2 is 1.75 bits per heavy atom. The van der Waals surface area contributed by atoms with Gasteiger partial charge < -0.3 is 0 Å². The smallest absolute Gasteiger partial charge is 0.0702 e. The normalized spacial score (nSPS) is 11.6. The van der Waals surface area contributed by atoms with Gasteiger partial charge >= 0.3 is 0 Å². The zero-order chi connectivity index (χ0) is 18.8. The molecule has 1 heterocycles. The second kappa shape index (κ2) is 10.8. The summed E-state index contributed by atoms with van der Waals surface area (Å²) >= 11 is 0. The summed E-state index contributed by atoms with van der Waals surface area (Å²) in [6.45, 7) is 23.1. The van der Waals surface area contributed by atoms with Crippen LogP contribution < -0.4 is 0 Å². The second-order valence-electron chi connectivity index (χ2n) is 6.81. The van der Waals surface area contributed by atoms with Crippen LogP contribution in [0.15, 0.2) is 50.2 Å². The van der Waals surface area contributed by atoms with Crippen LogP contribution in [0.4, 0.5) is 0 Å². The Morgan fingerprint density at radius 3 is 2.29 bits per heavy atom. The summed E-state index contributed by atoms with van der Waals surface area (Å²) in [5.74, 6) is 0.706. The predicted molar refractivity (Wildman–Crippen MR) is 111 cm³/mol. The fraction of sp³-hybridized carbons (Fsp3) is 0.435. The first kappa shape index (κ1) is 22.1. The van der Waals surface area contributed by atoms with Crippen molar-refractivity contribution in [1.29, 1.82) is 0 Å². The summed E-state index contributed by atoms with van der Waals surface area (Å²) in [7, 11) is 0. The van der Waals surface area contributed by atoms with Crippen LogP contribution >= 0.6 is 0 Å². The average Bonchev–Trinajstić information content (AvgIpc) is 2.61. The third-order valence-corrected chi connectivity index (χ3v) is 4.34. The number of aromatic nitrogens is 1. The number of rotatable bonds is 4. The standard InChI is InChI=1S/C19H25N.C2H6.C2H4/c1-6-15-9-10-18-17(11-15)12-16(13-20-18)8-7-14(2)19(3,4)5;2*1-2/h6,9-14H,1,7-8H2,2-5H3;1-2H3;1-2H2. The summed E-state index contributed by atoms with van der Waals surface area (Å²) in [6.07, 6.45) is 6.20. The van der Waals surface area contributed by atoms with Gasteiger partial charge in [0.05, 0.1) is 5.52 Å². The minimum absolute atomic E-state index is 0.375. The van der Waals surface area contributed by atoms with E-state index < -0.39 is 0 Å². The molecule has 24 heavy (non-hydrogen) atoms. The average molecular weight is 326 g/mol. The quantitative estimate of drug-likeness (QED) is 0.536. The van der Waals surface area contributed by atoms with E-state index in [1.54, 1.807) is 0 Å². The topological polar surface area (TPSA) is 12.9 Å². The zero-order valence-electron chi connectivity index (χ0n) is 16.5. The maximum atomic E-state index is 4.56. The van der Waals surface area contributed by atoms with Crippen LogP contribution in [0.3, 0.4) is 0 Å². The Labute approximate surface area is 149 Å². The Kier molecular flexibility index (Phi) is 9.95. The molecule has 0 saturated heterocycles. The van der Waals surface area contributed by atoms with Crippen LogP contribution in [0.1, 0.15) is 59.1 Å². The molecular formula is C23H35N. The maximum absolute atomic E-state index is 4.56. The predicted octanol–water partition coefficient (Wildman–Crippen LogP) is 7.32.